The Hall–Kier alpha value is -4.07. The molecule has 1 atom stereocenters. The molecule has 0 saturated carbocycles. The molecule has 0 bridgehead atoms. The normalized spacial score (nSPS) is 15.8. The summed E-state index contributed by atoms with van der Waals surface area (Å²) in [7, 11) is 0. The summed E-state index contributed by atoms with van der Waals surface area (Å²) >= 11 is 0. The SMILES string of the molecule is O=C(C1CCCN(c2ccc(-n3cncn3)nn2)C1)N(Cc1ccccc1)Cc1ccccc1. The van der Waals surface area contributed by atoms with Gasteiger partial charge in [-0.1, -0.05) is 60.7 Å². The molecule has 8 heteroatoms. The van der Waals surface area contributed by atoms with Gasteiger partial charge in [-0.3, -0.25) is 4.79 Å². The molecule has 5 rings (SSSR count). The zero-order chi connectivity index (χ0) is 23.2. The third kappa shape index (κ3) is 5.11. The Morgan fingerprint density at radius 2 is 1.53 bits per heavy atom. The average Bonchev–Trinajstić information content (AvgIpc) is 3.45. The Bertz CT molecular complexity index is 1140. The molecule has 2 aromatic heterocycles. The van der Waals surface area contributed by atoms with Crippen LogP contribution in [0.2, 0.25) is 0 Å². The van der Waals surface area contributed by atoms with Crippen LogP contribution in [0.3, 0.4) is 0 Å². The van der Waals surface area contributed by atoms with Crippen molar-refractivity contribution in [2.75, 3.05) is 18.0 Å². The highest BCUT2D eigenvalue weighted by Crippen LogP contribution is 2.25. The van der Waals surface area contributed by atoms with Crippen molar-refractivity contribution in [2.24, 2.45) is 5.92 Å². The van der Waals surface area contributed by atoms with Gasteiger partial charge in [0, 0.05) is 26.2 Å². The fourth-order valence-electron chi connectivity index (χ4n) is 4.40. The number of amides is 1. The van der Waals surface area contributed by atoms with Gasteiger partial charge in [-0.2, -0.15) is 5.10 Å². The van der Waals surface area contributed by atoms with Crippen LogP contribution in [0.25, 0.3) is 5.82 Å². The minimum absolute atomic E-state index is 0.0852. The molecule has 34 heavy (non-hydrogen) atoms. The summed E-state index contributed by atoms with van der Waals surface area (Å²) in [5.41, 5.74) is 2.27. The van der Waals surface area contributed by atoms with Crippen molar-refractivity contribution in [3.05, 3.63) is 96.6 Å². The molecule has 1 aliphatic heterocycles. The smallest absolute Gasteiger partial charge is 0.228 e. The molecule has 0 aliphatic carbocycles. The van der Waals surface area contributed by atoms with Gasteiger partial charge in [-0.25, -0.2) is 9.67 Å². The van der Waals surface area contributed by atoms with Crippen LogP contribution in [-0.2, 0) is 17.9 Å². The van der Waals surface area contributed by atoms with E-state index in [0.29, 0.717) is 25.5 Å². The van der Waals surface area contributed by atoms with E-state index in [-0.39, 0.29) is 11.8 Å². The maximum absolute atomic E-state index is 13.7. The van der Waals surface area contributed by atoms with Crippen LogP contribution in [0.1, 0.15) is 24.0 Å². The van der Waals surface area contributed by atoms with Gasteiger partial charge in [-0.05, 0) is 36.1 Å². The predicted molar refractivity (Wildman–Crippen MR) is 129 cm³/mol. The quantitative estimate of drug-likeness (QED) is 0.426. The van der Waals surface area contributed by atoms with E-state index in [2.05, 4.69) is 49.4 Å². The van der Waals surface area contributed by atoms with Gasteiger partial charge in [0.2, 0.25) is 5.91 Å². The van der Waals surface area contributed by atoms with Crippen molar-refractivity contribution in [3.8, 4) is 5.82 Å². The largest absolute Gasteiger partial charge is 0.354 e. The summed E-state index contributed by atoms with van der Waals surface area (Å²) in [5, 5.41) is 12.8. The number of hydrogen-bond donors (Lipinski definition) is 0. The number of benzene rings is 2. The third-order valence-corrected chi connectivity index (χ3v) is 6.13. The number of carbonyl (C=O) groups is 1. The summed E-state index contributed by atoms with van der Waals surface area (Å²) in [6.07, 6.45) is 4.87. The minimum atomic E-state index is -0.0852. The van der Waals surface area contributed by atoms with Crippen molar-refractivity contribution < 1.29 is 4.79 Å². The molecule has 4 aromatic rings. The predicted octanol–water partition coefficient (Wildman–Crippen LogP) is 3.50. The van der Waals surface area contributed by atoms with E-state index in [1.807, 2.05) is 53.4 Å². The Morgan fingerprint density at radius 1 is 0.882 bits per heavy atom. The van der Waals surface area contributed by atoms with E-state index in [0.717, 1.165) is 36.3 Å². The summed E-state index contributed by atoms with van der Waals surface area (Å²) in [6, 6.07) is 24.2. The Balaban J connectivity index is 1.31. The maximum Gasteiger partial charge on any atom is 0.228 e. The molecule has 1 aliphatic rings. The number of piperidine rings is 1. The molecule has 1 fully saturated rings. The maximum atomic E-state index is 13.7. The molecule has 1 unspecified atom stereocenters. The van der Waals surface area contributed by atoms with Crippen LogP contribution in [0.5, 0.6) is 0 Å². The lowest BCUT2D eigenvalue weighted by atomic mass is 9.96. The molecule has 1 saturated heterocycles. The minimum Gasteiger partial charge on any atom is -0.354 e. The van der Waals surface area contributed by atoms with Crippen molar-refractivity contribution in [1.29, 1.82) is 0 Å². The van der Waals surface area contributed by atoms with Gasteiger partial charge in [0.15, 0.2) is 11.6 Å². The lowest BCUT2D eigenvalue weighted by molar-refractivity contribution is -0.137. The lowest BCUT2D eigenvalue weighted by Gasteiger charge is -2.35. The van der Waals surface area contributed by atoms with Crippen molar-refractivity contribution in [1.82, 2.24) is 29.9 Å². The van der Waals surface area contributed by atoms with Gasteiger partial charge < -0.3 is 9.80 Å². The van der Waals surface area contributed by atoms with Crippen molar-refractivity contribution in [2.45, 2.75) is 25.9 Å². The second-order valence-electron chi connectivity index (χ2n) is 8.54. The first-order valence-corrected chi connectivity index (χ1v) is 11.6. The number of carbonyl (C=O) groups excluding carboxylic acids is 1. The van der Waals surface area contributed by atoms with E-state index < -0.39 is 0 Å². The number of nitrogens with zero attached hydrogens (tertiary/aromatic N) is 7. The van der Waals surface area contributed by atoms with E-state index in [4.69, 9.17) is 0 Å². The molecular weight excluding hydrogens is 426 g/mol. The van der Waals surface area contributed by atoms with Crippen LogP contribution in [-0.4, -0.2) is 48.9 Å². The number of hydrogen-bond acceptors (Lipinski definition) is 6. The van der Waals surface area contributed by atoms with Crippen LogP contribution < -0.4 is 4.90 Å². The Kier molecular flexibility index (Phi) is 6.56. The molecule has 0 spiro atoms. The second-order valence-corrected chi connectivity index (χ2v) is 8.54. The van der Waals surface area contributed by atoms with E-state index in [9.17, 15) is 4.79 Å². The molecule has 8 nitrogen and oxygen atoms in total. The monoisotopic (exact) mass is 453 g/mol. The number of rotatable bonds is 7. The van der Waals surface area contributed by atoms with E-state index >= 15 is 0 Å². The molecular formula is C26H27N7O. The number of aromatic nitrogens is 5. The fourth-order valence-corrected chi connectivity index (χ4v) is 4.40. The zero-order valence-corrected chi connectivity index (χ0v) is 18.9. The summed E-state index contributed by atoms with van der Waals surface area (Å²) < 4.78 is 1.57. The first-order valence-electron chi connectivity index (χ1n) is 11.6. The van der Waals surface area contributed by atoms with E-state index in [1.54, 1.807) is 11.0 Å². The standard InChI is InChI=1S/C26H27N7O/c34-26(32(16-21-8-3-1-4-9-21)17-22-10-5-2-6-11-22)23-12-7-15-31(18-23)24-13-14-25(30-29-24)33-20-27-19-28-33/h1-6,8-11,13-14,19-20,23H,7,12,15-18H2. The van der Waals surface area contributed by atoms with Crippen LogP contribution in [0.15, 0.2) is 85.5 Å². The highest BCUT2D eigenvalue weighted by molar-refractivity contribution is 5.79. The Labute approximate surface area is 198 Å². The van der Waals surface area contributed by atoms with Gasteiger partial charge in [0.25, 0.3) is 0 Å². The van der Waals surface area contributed by atoms with Crippen molar-refractivity contribution >= 4 is 11.7 Å². The molecule has 2 aromatic carbocycles. The van der Waals surface area contributed by atoms with Gasteiger partial charge >= 0.3 is 0 Å². The number of anilines is 1. The molecule has 0 N–H and O–H groups in total. The van der Waals surface area contributed by atoms with Crippen LogP contribution in [0, 0.1) is 5.92 Å². The highest BCUT2D eigenvalue weighted by atomic mass is 16.2. The fraction of sp³-hybridized carbons (Fsp3) is 0.269. The van der Waals surface area contributed by atoms with Crippen LogP contribution >= 0.6 is 0 Å². The van der Waals surface area contributed by atoms with Crippen LogP contribution in [0.4, 0.5) is 5.82 Å². The topological polar surface area (TPSA) is 80.0 Å². The first kappa shape index (κ1) is 21.8. The third-order valence-electron chi connectivity index (χ3n) is 6.13. The molecule has 3 heterocycles. The zero-order valence-electron chi connectivity index (χ0n) is 18.9. The summed E-state index contributed by atoms with van der Waals surface area (Å²) in [4.78, 5) is 21.8. The first-order chi connectivity index (χ1) is 16.8. The Morgan fingerprint density at radius 3 is 2.12 bits per heavy atom. The summed E-state index contributed by atoms with van der Waals surface area (Å²) in [5.74, 6) is 1.49. The lowest BCUT2D eigenvalue weighted by Crippen LogP contribution is -2.44. The second kappa shape index (κ2) is 10.2. The van der Waals surface area contributed by atoms with Gasteiger partial charge in [0.1, 0.15) is 12.7 Å². The molecule has 1 amide bonds. The van der Waals surface area contributed by atoms with E-state index in [1.165, 1.54) is 6.33 Å². The summed E-state index contributed by atoms with van der Waals surface area (Å²) in [6.45, 7) is 2.68. The molecule has 172 valence electrons. The average molecular weight is 454 g/mol. The molecule has 0 radical (unpaired) electrons. The van der Waals surface area contributed by atoms with Gasteiger partial charge in [-0.15, -0.1) is 10.2 Å². The van der Waals surface area contributed by atoms with Gasteiger partial charge in [0.05, 0.1) is 5.92 Å². The highest BCUT2D eigenvalue weighted by Gasteiger charge is 2.30. The van der Waals surface area contributed by atoms with Crippen molar-refractivity contribution in [3.63, 3.8) is 0 Å².